The molecule has 0 saturated heterocycles. The number of nitrogen functional groups attached to an aromatic ring is 1. The highest BCUT2D eigenvalue weighted by Crippen LogP contribution is 2.40. The van der Waals surface area contributed by atoms with Crippen LogP contribution < -0.4 is 15.6 Å². The number of carboxylic acid groups (broad SMARTS) is 1. The second-order valence-corrected chi connectivity index (χ2v) is 8.64. The van der Waals surface area contributed by atoms with Gasteiger partial charge in [0.15, 0.2) is 5.75 Å². The molecule has 1 aromatic carbocycles. The Balaban J connectivity index is 2.95. The molecule has 0 saturated carbocycles. The summed E-state index contributed by atoms with van der Waals surface area (Å²) in [4.78, 5) is 41.0. The number of nitrogens with one attached hydrogen (secondary N) is 1. The van der Waals surface area contributed by atoms with E-state index in [1.54, 1.807) is 20.8 Å². The summed E-state index contributed by atoms with van der Waals surface area (Å²) in [7, 11) is -4.74. The zero-order valence-corrected chi connectivity index (χ0v) is 17.1. The van der Waals surface area contributed by atoms with E-state index in [2.05, 4.69) is 9.84 Å². The first-order valence-corrected chi connectivity index (χ1v) is 10.0. The molecule has 28 heavy (non-hydrogen) atoms. The molecule has 1 aromatic rings. The number of nitrogens with two attached hydrogens (primary N) is 1. The molecule has 0 radical (unpaired) electrons. The minimum atomic E-state index is -4.74. The molecule has 11 heteroatoms. The van der Waals surface area contributed by atoms with Crippen molar-refractivity contribution >= 4 is 25.6 Å². The molecule has 0 fully saturated rings. The van der Waals surface area contributed by atoms with Crippen LogP contribution in [0.25, 0.3) is 0 Å². The number of rotatable bonds is 8. The number of hydrogen-bond donors (Lipinski definition) is 5. The molecule has 1 rings (SSSR count). The Bertz CT molecular complexity index is 756. The molecule has 1 amide bonds. The van der Waals surface area contributed by atoms with Gasteiger partial charge in [-0.25, -0.2) is 9.36 Å². The van der Waals surface area contributed by atoms with Crippen LogP contribution in [-0.4, -0.2) is 38.6 Å². The first-order chi connectivity index (χ1) is 12.7. The molecule has 0 aromatic heterocycles. The van der Waals surface area contributed by atoms with Crippen molar-refractivity contribution in [1.82, 2.24) is 5.32 Å². The largest absolute Gasteiger partial charge is 0.524 e. The predicted octanol–water partition coefficient (Wildman–Crippen LogP) is 2.29. The van der Waals surface area contributed by atoms with Crippen LogP contribution >= 0.6 is 7.82 Å². The Morgan fingerprint density at radius 2 is 1.89 bits per heavy atom. The number of alkyl carbamates (subject to hydrolysis) is 1. The van der Waals surface area contributed by atoms with Gasteiger partial charge in [0.2, 0.25) is 0 Å². The summed E-state index contributed by atoms with van der Waals surface area (Å²) in [5, 5.41) is 11.8. The van der Waals surface area contributed by atoms with Gasteiger partial charge in [0.05, 0.1) is 11.6 Å². The van der Waals surface area contributed by atoms with Crippen LogP contribution in [0.4, 0.5) is 10.5 Å². The van der Waals surface area contributed by atoms with Crippen LogP contribution in [0, 0.1) is 5.92 Å². The molecular formula is C17H27N2O8P. The molecule has 1 unspecified atom stereocenters. The van der Waals surface area contributed by atoms with Gasteiger partial charge in [-0.3, -0.25) is 14.6 Å². The zero-order chi connectivity index (χ0) is 21.7. The van der Waals surface area contributed by atoms with Gasteiger partial charge in [0.25, 0.3) is 0 Å². The first kappa shape index (κ1) is 23.7. The highest BCUT2D eigenvalue weighted by molar-refractivity contribution is 7.46. The minimum Gasteiger partial charge on any atom is -0.481 e. The lowest BCUT2D eigenvalue weighted by Crippen LogP contribution is -2.41. The monoisotopic (exact) mass is 418 g/mol. The van der Waals surface area contributed by atoms with Crippen molar-refractivity contribution in [2.75, 3.05) is 5.73 Å². The second-order valence-electron chi connectivity index (χ2n) is 7.48. The third kappa shape index (κ3) is 9.07. The Morgan fingerprint density at radius 1 is 1.29 bits per heavy atom. The van der Waals surface area contributed by atoms with Gasteiger partial charge < -0.3 is 25.4 Å². The van der Waals surface area contributed by atoms with E-state index < -0.39 is 37.4 Å². The number of carbonyl (C=O) groups is 2. The normalized spacial score (nSPS) is 14.1. The summed E-state index contributed by atoms with van der Waals surface area (Å²) >= 11 is 0. The summed E-state index contributed by atoms with van der Waals surface area (Å²) in [6, 6.07) is 3.71. The van der Waals surface area contributed by atoms with Gasteiger partial charge in [-0.15, -0.1) is 0 Å². The summed E-state index contributed by atoms with van der Waals surface area (Å²) in [6.07, 6.45) is -0.295. The van der Waals surface area contributed by atoms with E-state index in [0.29, 0.717) is 5.56 Å². The summed E-state index contributed by atoms with van der Waals surface area (Å²) in [5.74, 6) is -1.89. The van der Waals surface area contributed by atoms with Crippen molar-refractivity contribution in [3.8, 4) is 5.75 Å². The van der Waals surface area contributed by atoms with Gasteiger partial charge in [0.1, 0.15) is 5.60 Å². The third-order valence-corrected chi connectivity index (χ3v) is 3.99. The van der Waals surface area contributed by atoms with E-state index in [1.165, 1.54) is 25.1 Å². The number of aliphatic carboxylic acids is 1. The van der Waals surface area contributed by atoms with Crippen molar-refractivity contribution in [2.24, 2.45) is 5.92 Å². The van der Waals surface area contributed by atoms with Crippen LogP contribution in [0.1, 0.15) is 39.7 Å². The van der Waals surface area contributed by atoms with Gasteiger partial charge >= 0.3 is 19.9 Å². The van der Waals surface area contributed by atoms with Crippen molar-refractivity contribution in [2.45, 2.75) is 52.2 Å². The van der Waals surface area contributed by atoms with Gasteiger partial charge in [-0.05, 0) is 51.3 Å². The predicted molar refractivity (Wildman–Crippen MR) is 102 cm³/mol. The smallest absolute Gasteiger partial charge is 0.481 e. The van der Waals surface area contributed by atoms with Gasteiger partial charge in [-0.2, -0.15) is 0 Å². The fourth-order valence-corrected chi connectivity index (χ4v) is 2.84. The fraction of sp³-hybridized carbons (Fsp3) is 0.529. The molecule has 10 nitrogen and oxygen atoms in total. The molecule has 0 aliphatic rings. The molecule has 0 heterocycles. The van der Waals surface area contributed by atoms with Crippen molar-refractivity contribution in [1.29, 1.82) is 0 Å². The van der Waals surface area contributed by atoms with E-state index in [9.17, 15) is 14.2 Å². The Kier molecular flexibility index (Phi) is 7.86. The number of carbonyl (C=O) groups excluding carboxylic acids is 1. The van der Waals surface area contributed by atoms with E-state index in [-0.39, 0.29) is 24.3 Å². The maximum Gasteiger partial charge on any atom is 0.524 e. The zero-order valence-electron chi connectivity index (χ0n) is 16.2. The van der Waals surface area contributed by atoms with Crippen molar-refractivity contribution in [3.63, 3.8) is 0 Å². The molecule has 0 aliphatic heterocycles. The number of anilines is 1. The highest BCUT2D eigenvalue weighted by Gasteiger charge is 2.24. The number of benzene rings is 1. The molecular weight excluding hydrogens is 391 g/mol. The summed E-state index contributed by atoms with van der Waals surface area (Å²) in [5.41, 5.74) is 5.68. The Morgan fingerprint density at radius 3 is 2.36 bits per heavy atom. The lowest BCUT2D eigenvalue weighted by molar-refractivity contribution is -0.141. The first-order valence-electron chi connectivity index (χ1n) is 8.52. The average molecular weight is 418 g/mol. The third-order valence-electron chi connectivity index (χ3n) is 3.55. The SMILES string of the molecule is CC(C[C@H](Cc1ccc(OP(=O)(O)O)c(N)c1)NC(=O)OC(C)(C)C)C(=O)O. The van der Waals surface area contributed by atoms with Crippen LogP contribution in [0.2, 0.25) is 0 Å². The average Bonchev–Trinajstić information content (AvgIpc) is 2.46. The number of amides is 1. The molecule has 0 bridgehead atoms. The van der Waals surface area contributed by atoms with Crippen LogP contribution in [0.5, 0.6) is 5.75 Å². The molecule has 6 N–H and O–H groups in total. The quantitative estimate of drug-likeness (QED) is 0.314. The van der Waals surface area contributed by atoms with Crippen LogP contribution in [-0.2, 0) is 20.5 Å². The number of ether oxygens (including phenoxy) is 1. The second kappa shape index (κ2) is 9.27. The Labute approximate surface area is 163 Å². The molecule has 158 valence electrons. The van der Waals surface area contributed by atoms with E-state index in [1.807, 2.05) is 0 Å². The lowest BCUT2D eigenvalue weighted by atomic mass is 9.96. The van der Waals surface area contributed by atoms with Crippen LogP contribution in [0.15, 0.2) is 18.2 Å². The maximum atomic E-state index is 12.1. The maximum absolute atomic E-state index is 12.1. The standard InChI is InChI=1S/C17H27N2O8P/c1-10(15(20)21)7-12(19-16(22)26-17(2,3)4)8-11-5-6-14(13(18)9-11)27-28(23,24)25/h5-6,9-10,12H,7-8,18H2,1-4H3,(H,19,22)(H,20,21)(H2,23,24,25)/t10?,12-/m1/s1. The van der Waals surface area contributed by atoms with Crippen molar-refractivity contribution < 1.29 is 38.3 Å². The number of carboxylic acids is 1. The topological polar surface area (TPSA) is 168 Å². The van der Waals surface area contributed by atoms with E-state index >= 15 is 0 Å². The fourth-order valence-electron chi connectivity index (χ4n) is 2.42. The molecule has 0 spiro atoms. The minimum absolute atomic E-state index is 0.00289. The number of phosphoric acid groups is 1. The van der Waals surface area contributed by atoms with Gasteiger partial charge in [-0.1, -0.05) is 13.0 Å². The highest BCUT2D eigenvalue weighted by atomic mass is 31.2. The van der Waals surface area contributed by atoms with Gasteiger partial charge in [0, 0.05) is 6.04 Å². The number of phosphoric ester groups is 1. The van der Waals surface area contributed by atoms with E-state index in [4.69, 9.17) is 25.4 Å². The molecule has 2 atom stereocenters. The summed E-state index contributed by atoms with van der Waals surface area (Å²) < 4.78 is 20.6. The molecule has 0 aliphatic carbocycles. The Hall–Kier alpha value is -2.29. The lowest BCUT2D eigenvalue weighted by Gasteiger charge is -2.25. The van der Waals surface area contributed by atoms with Crippen LogP contribution in [0.3, 0.4) is 0 Å². The summed E-state index contributed by atoms with van der Waals surface area (Å²) in [6.45, 7) is 6.66. The van der Waals surface area contributed by atoms with E-state index in [0.717, 1.165) is 0 Å². The van der Waals surface area contributed by atoms with Crippen molar-refractivity contribution in [3.05, 3.63) is 23.8 Å². The number of hydrogen-bond acceptors (Lipinski definition) is 6.